The van der Waals surface area contributed by atoms with Crippen LogP contribution in [0.4, 0.5) is 0 Å². The number of sulfonamides is 1. The van der Waals surface area contributed by atoms with E-state index in [0.29, 0.717) is 11.1 Å². The van der Waals surface area contributed by atoms with Gasteiger partial charge in [-0.2, -0.15) is 4.31 Å². The summed E-state index contributed by atoms with van der Waals surface area (Å²) in [4.78, 5) is 11.3. The average Bonchev–Trinajstić information content (AvgIpc) is 2.46. The molecule has 6 nitrogen and oxygen atoms in total. The van der Waals surface area contributed by atoms with Gasteiger partial charge in [0, 0.05) is 7.05 Å². The van der Waals surface area contributed by atoms with Gasteiger partial charge in [-0.25, -0.2) is 13.2 Å². The van der Waals surface area contributed by atoms with Crippen LogP contribution in [0, 0.1) is 0 Å². The summed E-state index contributed by atoms with van der Waals surface area (Å²) >= 11 is 0. The maximum absolute atomic E-state index is 12.3. The number of carbonyl (C=O) groups is 1. The first-order chi connectivity index (χ1) is 9.64. The van der Waals surface area contributed by atoms with Crippen LogP contribution >= 0.6 is 0 Å². The van der Waals surface area contributed by atoms with Crippen molar-refractivity contribution in [2.45, 2.75) is 25.1 Å². The predicted octanol–water partition coefficient (Wildman–Crippen LogP) is 1.01. The largest absolute Gasteiger partial charge is 0.465 e. The standard InChI is InChI=1S/C14H21NO5S/c1-14(2,10-16)15(3)21(18,19)9-11-5-7-12(8-6-11)13(17)20-4/h5-8,16H,9-10H2,1-4H3. The van der Waals surface area contributed by atoms with Gasteiger partial charge in [0.15, 0.2) is 0 Å². The second-order valence-electron chi connectivity index (χ2n) is 5.38. The number of hydrogen-bond acceptors (Lipinski definition) is 5. The second-order valence-corrected chi connectivity index (χ2v) is 7.38. The van der Waals surface area contributed by atoms with E-state index < -0.39 is 21.5 Å². The van der Waals surface area contributed by atoms with Crippen LogP contribution in [0.5, 0.6) is 0 Å². The van der Waals surface area contributed by atoms with E-state index in [4.69, 9.17) is 0 Å². The number of aliphatic hydroxyl groups excluding tert-OH is 1. The van der Waals surface area contributed by atoms with Crippen LogP contribution in [-0.4, -0.2) is 50.1 Å². The van der Waals surface area contributed by atoms with Gasteiger partial charge >= 0.3 is 5.97 Å². The van der Waals surface area contributed by atoms with E-state index in [1.165, 1.54) is 26.3 Å². The summed E-state index contributed by atoms with van der Waals surface area (Å²) in [5.41, 5.74) is 0.0519. The third-order valence-electron chi connectivity index (χ3n) is 3.38. The highest BCUT2D eigenvalue weighted by atomic mass is 32.2. The van der Waals surface area contributed by atoms with Crippen molar-refractivity contribution in [3.63, 3.8) is 0 Å². The monoisotopic (exact) mass is 315 g/mol. The molecule has 118 valence electrons. The summed E-state index contributed by atoms with van der Waals surface area (Å²) < 4.78 is 30.3. The predicted molar refractivity (Wildman–Crippen MR) is 79.3 cm³/mol. The molecule has 1 N–H and O–H groups in total. The molecule has 0 aliphatic heterocycles. The molecule has 1 rings (SSSR count). The number of esters is 1. The molecule has 0 saturated carbocycles. The van der Waals surface area contributed by atoms with E-state index in [0.717, 1.165) is 4.31 Å². The smallest absolute Gasteiger partial charge is 0.337 e. The van der Waals surface area contributed by atoms with Crippen molar-refractivity contribution in [3.05, 3.63) is 35.4 Å². The van der Waals surface area contributed by atoms with Crippen LogP contribution in [0.1, 0.15) is 29.8 Å². The van der Waals surface area contributed by atoms with Crippen LogP contribution in [0.25, 0.3) is 0 Å². The van der Waals surface area contributed by atoms with Gasteiger partial charge in [-0.15, -0.1) is 0 Å². The fourth-order valence-corrected chi connectivity index (χ4v) is 3.26. The summed E-state index contributed by atoms with van der Waals surface area (Å²) in [6.45, 7) is 3.01. The van der Waals surface area contributed by atoms with Gasteiger partial charge < -0.3 is 9.84 Å². The number of rotatable bonds is 6. The van der Waals surface area contributed by atoms with Crippen LogP contribution in [0.15, 0.2) is 24.3 Å². The van der Waals surface area contributed by atoms with Gasteiger partial charge in [0.25, 0.3) is 0 Å². The average molecular weight is 315 g/mol. The molecule has 0 fully saturated rings. The molecule has 0 aromatic heterocycles. The lowest BCUT2D eigenvalue weighted by Gasteiger charge is -2.32. The Morgan fingerprint density at radius 2 is 1.81 bits per heavy atom. The number of nitrogens with zero attached hydrogens (tertiary/aromatic N) is 1. The number of hydrogen-bond donors (Lipinski definition) is 1. The zero-order valence-electron chi connectivity index (χ0n) is 12.7. The van der Waals surface area contributed by atoms with Crippen molar-refractivity contribution in [1.82, 2.24) is 4.31 Å². The van der Waals surface area contributed by atoms with Gasteiger partial charge in [-0.1, -0.05) is 12.1 Å². The van der Waals surface area contributed by atoms with Crippen molar-refractivity contribution in [1.29, 1.82) is 0 Å². The van der Waals surface area contributed by atoms with E-state index in [1.807, 2.05) is 0 Å². The molecule has 0 atom stereocenters. The first-order valence-electron chi connectivity index (χ1n) is 6.39. The molecular formula is C14H21NO5S. The van der Waals surface area contributed by atoms with Gasteiger partial charge in [-0.3, -0.25) is 0 Å². The highest BCUT2D eigenvalue weighted by molar-refractivity contribution is 7.88. The van der Waals surface area contributed by atoms with Crippen molar-refractivity contribution in [2.75, 3.05) is 20.8 Å². The lowest BCUT2D eigenvalue weighted by molar-refractivity contribution is 0.0600. The Morgan fingerprint density at radius 3 is 2.24 bits per heavy atom. The number of ether oxygens (including phenoxy) is 1. The fourth-order valence-electron chi connectivity index (χ4n) is 1.64. The Balaban J connectivity index is 2.92. The van der Waals surface area contributed by atoms with E-state index >= 15 is 0 Å². The summed E-state index contributed by atoms with van der Waals surface area (Å²) in [6, 6.07) is 6.19. The van der Waals surface area contributed by atoms with Crippen molar-refractivity contribution in [2.24, 2.45) is 0 Å². The molecule has 0 aliphatic rings. The molecule has 0 unspecified atom stereocenters. The molecule has 1 aromatic rings. The minimum atomic E-state index is -3.56. The minimum Gasteiger partial charge on any atom is -0.465 e. The topological polar surface area (TPSA) is 83.9 Å². The summed E-state index contributed by atoms with van der Waals surface area (Å²) in [7, 11) is -0.841. The van der Waals surface area contributed by atoms with E-state index in [9.17, 15) is 18.3 Å². The van der Waals surface area contributed by atoms with Crippen molar-refractivity contribution in [3.8, 4) is 0 Å². The fraction of sp³-hybridized carbons (Fsp3) is 0.500. The molecule has 0 saturated heterocycles. The van der Waals surface area contributed by atoms with E-state index in [2.05, 4.69) is 4.74 Å². The molecule has 0 amide bonds. The third-order valence-corrected chi connectivity index (χ3v) is 5.41. The molecule has 0 radical (unpaired) electrons. The van der Waals surface area contributed by atoms with Crippen LogP contribution in [-0.2, 0) is 20.5 Å². The van der Waals surface area contributed by atoms with E-state index in [1.54, 1.807) is 26.0 Å². The molecule has 21 heavy (non-hydrogen) atoms. The number of aliphatic hydroxyl groups is 1. The maximum Gasteiger partial charge on any atom is 0.337 e. The van der Waals surface area contributed by atoms with Crippen molar-refractivity contribution < 1.29 is 23.1 Å². The lowest BCUT2D eigenvalue weighted by Crippen LogP contribution is -2.47. The highest BCUT2D eigenvalue weighted by Gasteiger charge is 2.32. The lowest BCUT2D eigenvalue weighted by atomic mass is 10.1. The van der Waals surface area contributed by atoms with Gasteiger partial charge in [0.2, 0.25) is 10.0 Å². The van der Waals surface area contributed by atoms with Crippen molar-refractivity contribution >= 4 is 16.0 Å². The number of carbonyl (C=O) groups excluding carboxylic acids is 1. The summed E-state index contributed by atoms with van der Waals surface area (Å²) in [5, 5.41) is 9.26. The first kappa shape index (κ1) is 17.6. The van der Waals surface area contributed by atoms with Crippen LogP contribution in [0.3, 0.4) is 0 Å². The SMILES string of the molecule is COC(=O)c1ccc(CS(=O)(=O)N(C)C(C)(C)CO)cc1. The Kier molecular flexibility index (Phi) is 5.49. The van der Waals surface area contributed by atoms with Crippen LogP contribution in [0.2, 0.25) is 0 Å². The zero-order valence-corrected chi connectivity index (χ0v) is 13.5. The van der Waals surface area contributed by atoms with E-state index in [-0.39, 0.29) is 12.4 Å². The Labute approximate surface area is 125 Å². The molecule has 0 spiro atoms. The highest BCUT2D eigenvalue weighted by Crippen LogP contribution is 2.19. The minimum absolute atomic E-state index is 0.200. The normalized spacial score (nSPS) is 12.5. The van der Waals surface area contributed by atoms with Gasteiger partial charge in [0.1, 0.15) is 0 Å². The molecule has 0 heterocycles. The van der Waals surface area contributed by atoms with Gasteiger partial charge in [-0.05, 0) is 31.5 Å². The Morgan fingerprint density at radius 1 is 1.29 bits per heavy atom. The molecule has 7 heteroatoms. The summed E-state index contributed by atoms with van der Waals surface area (Å²) in [5.74, 6) is -0.670. The van der Waals surface area contributed by atoms with Crippen LogP contribution < -0.4 is 0 Å². The molecule has 1 aromatic carbocycles. The molecular weight excluding hydrogens is 294 g/mol. The third kappa shape index (κ3) is 4.26. The summed E-state index contributed by atoms with van der Waals surface area (Å²) in [6.07, 6.45) is 0. The Hall–Kier alpha value is -1.44. The first-order valence-corrected chi connectivity index (χ1v) is 8.00. The second kappa shape index (κ2) is 6.55. The molecule has 0 bridgehead atoms. The number of methoxy groups -OCH3 is 1. The zero-order chi connectivity index (χ0) is 16.3. The quantitative estimate of drug-likeness (QED) is 0.792. The van der Waals surface area contributed by atoms with Gasteiger partial charge in [0.05, 0.1) is 30.6 Å². The Bertz CT molecular complexity index is 592. The molecule has 0 aliphatic carbocycles. The number of likely N-dealkylation sites (N-methyl/N-ethyl adjacent to an activating group) is 1. The maximum atomic E-state index is 12.3. The number of benzene rings is 1.